The summed E-state index contributed by atoms with van der Waals surface area (Å²) in [5, 5.41) is 3.18. The highest BCUT2D eigenvalue weighted by molar-refractivity contribution is 5.71. The summed E-state index contributed by atoms with van der Waals surface area (Å²) < 4.78 is 15.7. The van der Waals surface area contributed by atoms with Crippen molar-refractivity contribution >= 4 is 5.97 Å². The lowest BCUT2D eigenvalue weighted by atomic mass is 9.88. The van der Waals surface area contributed by atoms with E-state index in [1.165, 1.54) is 0 Å². The quantitative estimate of drug-likeness (QED) is 0.823. The molecule has 2 rings (SSSR count). The monoisotopic (exact) mass is 265 g/mol. The molecule has 0 bridgehead atoms. The molecule has 1 aromatic rings. The van der Waals surface area contributed by atoms with E-state index < -0.39 is 5.54 Å². The van der Waals surface area contributed by atoms with E-state index in [1.807, 2.05) is 32.2 Å². The summed E-state index contributed by atoms with van der Waals surface area (Å²) in [4.78, 5) is 11.7. The number of carbonyl (C=O) groups excluding carboxylic acids is 1. The Hall–Kier alpha value is -1.75. The molecule has 19 heavy (non-hydrogen) atoms. The van der Waals surface area contributed by atoms with Crippen LogP contribution in [0, 0.1) is 0 Å². The molecule has 5 nitrogen and oxygen atoms in total. The minimum absolute atomic E-state index is 0.225. The summed E-state index contributed by atoms with van der Waals surface area (Å²) in [5.74, 6) is 1.22. The van der Waals surface area contributed by atoms with Crippen LogP contribution in [0.15, 0.2) is 18.2 Å². The van der Waals surface area contributed by atoms with Crippen molar-refractivity contribution in [1.29, 1.82) is 0 Å². The van der Waals surface area contributed by atoms with Gasteiger partial charge in [-0.05, 0) is 38.6 Å². The molecule has 1 aliphatic heterocycles. The van der Waals surface area contributed by atoms with Crippen molar-refractivity contribution in [3.05, 3.63) is 23.8 Å². The van der Waals surface area contributed by atoms with Gasteiger partial charge in [-0.15, -0.1) is 0 Å². The second kappa shape index (κ2) is 5.48. The van der Waals surface area contributed by atoms with Crippen LogP contribution in [0.5, 0.6) is 11.5 Å². The Kier molecular flexibility index (Phi) is 3.95. The summed E-state index contributed by atoms with van der Waals surface area (Å²) in [6.07, 6.45) is 0.261. The maximum atomic E-state index is 11.7. The first kappa shape index (κ1) is 13.7. The number of rotatable bonds is 5. The fraction of sp³-hybridized carbons (Fsp3) is 0.500. The van der Waals surface area contributed by atoms with Crippen molar-refractivity contribution < 1.29 is 19.0 Å². The van der Waals surface area contributed by atoms with E-state index in [0.717, 1.165) is 11.3 Å². The van der Waals surface area contributed by atoms with Crippen LogP contribution in [-0.2, 0) is 15.1 Å². The van der Waals surface area contributed by atoms with Crippen LogP contribution in [-0.4, -0.2) is 26.4 Å². The highest BCUT2D eigenvalue weighted by Crippen LogP contribution is 2.36. The van der Waals surface area contributed by atoms with Crippen LogP contribution >= 0.6 is 0 Å². The number of esters is 1. The van der Waals surface area contributed by atoms with Gasteiger partial charge in [0.2, 0.25) is 6.79 Å². The molecular weight excluding hydrogens is 246 g/mol. The minimum Gasteiger partial charge on any atom is -0.466 e. The topological polar surface area (TPSA) is 56.8 Å². The predicted molar refractivity (Wildman–Crippen MR) is 70.2 cm³/mol. The second-order valence-corrected chi connectivity index (χ2v) is 4.63. The molecule has 0 spiro atoms. The molecule has 1 aliphatic rings. The van der Waals surface area contributed by atoms with Crippen molar-refractivity contribution in [3.8, 4) is 11.5 Å². The zero-order valence-electron chi connectivity index (χ0n) is 11.5. The highest BCUT2D eigenvalue weighted by atomic mass is 16.7. The Labute approximate surface area is 112 Å². The average Bonchev–Trinajstić information content (AvgIpc) is 2.85. The Morgan fingerprint density at radius 2 is 2.16 bits per heavy atom. The van der Waals surface area contributed by atoms with Gasteiger partial charge in [-0.3, -0.25) is 4.79 Å². The third-order valence-corrected chi connectivity index (χ3v) is 3.36. The fourth-order valence-corrected chi connectivity index (χ4v) is 2.08. The van der Waals surface area contributed by atoms with E-state index in [-0.39, 0.29) is 19.2 Å². The minimum atomic E-state index is -0.493. The first-order valence-corrected chi connectivity index (χ1v) is 6.33. The molecule has 0 saturated heterocycles. The number of benzene rings is 1. The van der Waals surface area contributed by atoms with E-state index in [2.05, 4.69) is 5.32 Å². The van der Waals surface area contributed by atoms with Gasteiger partial charge in [0.25, 0.3) is 0 Å². The SMILES string of the molecule is CCOC(=O)CC(C)(NC)c1ccc2c(c1)OCO2. The zero-order valence-corrected chi connectivity index (χ0v) is 11.5. The summed E-state index contributed by atoms with van der Waals surface area (Å²) in [7, 11) is 1.82. The van der Waals surface area contributed by atoms with Gasteiger partial charge in [0.05, 0.1) is 18.6 Å². The van der Waals surface area contributed by atoms with Crippen molar-refractivity contribution in [3.63, 3.8) is 0 Å². The van der Waals surface area contributed by atoms with Crippen molar-refractivity contribution in [2.45, 2.75) is 25.8 Å². The van der Waals surface area contributed by atoms with Crippen LogP contribution in [0.3, 0.4) is 0 Å². The Bertz CT molecular complexity index is 475. The molecule has 1 N–H and O–H groups in total. The number of carbonyl (C=O) groups is 1. The first-order valence-electron chi connectivity index (χ1n) is 6.33. The van der Waals surface area contributed by atoms with E-state index in [4.69, 9.17) is 14.2 Å². The van der Waals surface area contributed by atoms with Gasteiger partial charge in [-0.2, -0.15) is 0 Å². The molecule has 0 saturated carbocycles. The van der Waals surface area contributed by atoms with Crippen LogP contribution in [0.25, 0.3) is 0 Å². The maximum Gasteiger partial charge on any atom is 0.307 e. The van der Waals surface area contributed by atoms with Crippen LogP contribution in [0.4, 0.5) is 0 Å². The number of hydrogen-bond donors (Lipinski definition) is 1. The average molecular weight is 265 g/mol. The number of hydrogen-bond acceptors (Lipinski definition) is 5. The number of fused-ring (bicyclic) bond motifs is 1. The van der Waals surface area contributed by atoms with Gasteiger partial charge in [-0.1, -0.05) is 6.07 Å². The summed E-state index contributed by atoms with van der Waals surface area (Å²) in [6.45, 7) is 4.39. The van der Waals surface area contributed by atoms with E-state index in [0.29, 0.717) is 12.4 Å². The summed E-state index contributed by atoms with van der Waals surface area (Å²) >= 11 is 0. The smallest absolute Gasteiger partial charge is 0.307 e. The van der Waals surface area contributed by atoms with Gasteiger partial charge in [0.15, 0.2) is 11.5 Å². The Balaban J connectivity index is 2.22. The molecule has 0 amide bonds. The lowest BCUT2D eigenvalue weighted by molar-refractivity contribution is -0.144. The van der Waals surface area contributed by atoms with E-state index in [9.17, 15) is 4.79 Å². The van der Waals surface area contributed by atoms with Gasteiger partial charge in [0.1, 0.15) is 0 Å². The fourth-order valence-electron chi connectivity index (χ4n) is 2.08. The maximum absolute atomic E-state index is 11.7. The molecule has 0 aromatic heterocycles. The molecule has 0 aliphatic carbocycles. The summed E-state index contributed by atoms with van der Waals surface area (Å²) in [6, 6.07) is 5.69. The van der Waals surface area contributed by atoms with E-state index in [1.54, 1.807) is 6.92 Å². The predicted octanol–water partition coefficient (Wildman–Crippen LogP) is 1.80. The van der Waals surface area contributed by atoms with Crippen molar-refractivity contribution in [2.24, 2.45) is 0 Å². The highest BCUT2D eigenvalue weighted by Gasteiger charge is 2.30. The Morgan fingerprint density at radius 1 is 1.42 bits per heavy atom. The normalized spacial score (nSPS) is 15.9. The lowest BCUT2D eigenvalue weighted by Gasteiger charge is -2.29. The number of ether oxygens (including phenoxy) is 3. The molecule has 0 fully saturated rings. The van der Waals surface area contributed by atoms with Crippen LogP contribution in [0.2, 0.25) is 0 Å². The van der Waals surface area contributed by atoms with Crippen LogP contribution < -0.4 is 14.8 Å². The standard InChI is InChI=1S/C14H19NO4/c1-4-17-13(16)8-14(2,15-3)10-5-6-11-12(7-10)19-9-18-11/h5-7,15H,4,8-9H2,1-3H3. The first-order chi connectivity index (χ1) is 9.09. The van der Waals surface area contributed by atoms with Gasteiger partial charge < -0.3 is 19.5 Å². The van der Waals surface area contributed by atoms with Gasteiger partial charge in [-0.25, -0.2) is 0 Å². The third-order valence-electron chi connectivity index (χ3n) is 3.36. The van der Waals surface area contributed by atoms with Crippen LogP contribution in [0.1, 0.15) is 25.8 Å². The lowest BCUT2D eigenvalue weighted by Crippen LogP contribution is -2.39. The van der Waals surface area contributed by atoms with Crippen molar-refractivity contribution in [2.75, 3.05) is 20.4 Å². The summed E-state index contributed by atoms with van der Waals surface area (Å²) in [5.41, 5.74) is 0.472. The van der Waals surface area contributed by atoms with Gasteiger partial charge >= 0.3 is 5.97 Å². The van der Waals surface area contributed by atoms with Gasteiger partial charge in [0, 0.05) is 0 Å². The molecular formula is C14H19NO4. The number of nitrogens with one attached hydrogen (secondary N) is 1. The molecule has 1 heterocycles. The zero-order chi connectivity index (χ0) is 13.9. The third kappa shape index (κ3) is 2.81. The molecule has 1 atom stereocenters. The molecule has 104 valence electrons. The van der Waals surface area contributed by atoms with E-state index >= 15 is 0 Å². The Morgan fingerprint density at radius 3 is 2.84 bits per heavy atom. The molecule has 0 radical (unpaired) electrons. The van der Waals surface area contributed by atoms with Crippen molar-refractivity contribution in [1.82, 2.24) is 5.32 Å². The molecule has 1 aromatic carbocycles. The second-order valence-electron chi connectivity index (χ2n) is 4.63. The molecule has 1 unspecified atom stereocenters. The molecule has 5 heteroatoms. The largest absolute Gasteiger partial charge is 0.466 e.